The molecule has 1 aliphatic rings. The van der Waals surface area contributed by atoms with Gasteiger partial charge in [-0.25, -0.2) is 9.79 Å². The van der Waals surface area contributed by atoms with E-state index in [0.29, 0.717) is 11.8 Å². The number of benzene rings is 1. The van der Waals surface area contributed by atoms with E-state index in [1.54, 1.807) is 0 Å². The predicted molar refractivity (Wildman–Crippen MR) is 108 cm³/mol. The van der Waals surface area contributed by atoms with Crippen molar-refractivity contribution in [1.29, 1.82) is 0 Å². The number of amidine groups is 1. The number of amides is 2. The van der Waals surface area contributed by atoms with E-state index in [-0.39, 0.29) is 11.9 Å². The van der Waals surface area contributed by atoms with Crippen molar-refractivity contribution < 1.29 is 14.5 Å². The number of hydrogen-bond acceptors (Lipinski definition) is 2. The first-order valence-electron chi connectivity index (χ1n) is 9.44. The second-order valence-electron chi connectivity index (χ2n) is 7.37. The third-order valence-electron chi connectivity index (χ3n) is 4.93. The molecule has 0 atom stereocenters. The van der Waals surface area contributed by atoms with Crippen LogP contribution in [0.15, 0.2) is 22.7 Å². The van der Waals surface area contributed by atoms with Crippen LogP contribution in [0.5, 0.6) is 5.75 Å². The van der Waals surface area contributed by atoms with Crippen molar-refractivity contribution in [2.75, 3.05) is 19.7 Å². The largest absolute Gasteiger partial charge is 0.494 e. The van der Waals surface area contributed by atoms with E-state index in [1.807, 2.05) is 30.9 Å². The van der Waals surface area contributed by atoms with Crippen LogP contribution in [0, 0.1) is 18.8 Å². The number of piperidine rings is 1. The minimum atomic E-state index is -0.0661. The summed E-state index contributed by atoms with van der Waals surface area (Å²) in [5, 5.41) is 0. The van der Waals surface area contributed by atoms with Crippen molar-refractivity contribution in [3.63, 3.8) is 0 Å². The molecule has 3 N–H and O–H groups in total. The van der Waals surface area contributed by atoms with Crippen molar-refractivity contribution in [3.05, 3.63) is 28.2 Å². The number of rotatable bonds is 6. The van der Waals surface area contributed by atoms with Gasteiger partial charge in [0.15, 0.2) is 5.84 Å². The lowest BCUT2D eigenvalue weighted by Gasteiger charge is -2.27. The molecule has 0 aromatic heterocycles. The summed E-state index contributed by atoms with van der Waals surface area (Å²) >= 11 is 3.50. The van der Waals surface area contributed by atoms with E-state index in [2.05, 4.69) is 33.9 Å². The van der Waals surface area contributed by atoms with Gasteiger partial charge in [0.2, 0.25) is 0 Å². The first-order valence-corrected chi connectivity index (χ1v) is 10.2. The molecule has 0 aliphatic carbocycles. The Morgan fingerprint density at radius 1 is 1.38 bits per heavy atom. The highest BCUT2D eigenvalue weighted by atomic mass is 79.9. The maximum Gasteiger partial charge on any atom is 0.436 e. The number of aryl methyl sites for hydroxylation is 1. The van der Waals surface area contributed by atoms with Crippen LogP contribution in [0.1, 0.15) is 45.1 Å². The van der Waals surface area contributed by atoms with Gasteiger partial charge in [-0.2, -0.15) is 0 Å². The van der Waals surface area contributed by atoms with Crippen molar-refractivity contribution in [3.8, 4) is 5.75 Å². The minimum absolute atomic E-state index is 0.0661. The number of urea groups is 1. The average molecular weight is 425 g/mol. The van der Waals surface area contributed by atoms with E-state index in [0.717, 1.165) is 55.6 Å². The third-order valence-corrected chi connectivity index (χ3v) is 5.82. The van der Waals surface area contributed by atoms with Gasteiger partial charge in [-0.15, -0.1) is 0 Å². The summed E-state index contributed by atoms with van der Waals surface area (Å²) in [5.41, 5.74) is 7.02. The lowest BCUT2D eigenvalue weighted by atomic mass is 9.92. The number of nitrogens with one attached hydrogen (secondary N) is 1. The van der Waals surface area contributed by atoms with Crippen LogP contribution in [0.4, 0.5) is 4.79 Å². The fraction of sp³-hybridized carbons (Fsp3) is 0.600. The predicted octanol–water partition coefficient (Wildman–Crippen LogP) is 2.84. The van der Waals surface area contributed by atoms with Crippen molar-refractivity contribution >= 4 is 27.8 Å². The molecular weight excluding hydrogens is 394 g/mol. The molecular formula is C20H31BrN3O2+. The Morgan fingerprint density at radius 2 is 2.08 bits per heavy atom. The molecule has 5 nitrogen and oxygen atoms in total. The lowest BCUT2D eigenvalue weighted by Crippen LogP contribution is -2.83. The maximum absolute atomic E-state index is 12.2. The molecule has 1 saturated heterocycles. The quantitative estimate of drug-likeness (QED) is 0.419. The summed E-state index contributed by atoms with van der Waals surface area (Å²) in [6, 6.07) is 6.01. The fourth-order valence-electron chi connectivity index (χ4n) is 3.04. The van der Waals surface area contributed by atoms with Gasteiger partial charge in [-0.1, -0.05) is 29.8 Å². The summed E-state index contributed by atoms with van der Waals surface area (Å²) in [6.07, 6.45) is 4.28. The number of hydrogen-bond donors (Lipinski definition) is 2. The van der Waals surface area contributed by atoms with Crippen molar-refractivity contribution in [2.24, 2.45) is 17.6 Å². The Balaban J connectivity index is 1.66. The molecule has 1 aromatic rings. The van der Waals surface area contributed by atoms with Crippen LogP contribution in [-0.4, -0.2) is 36.5 Å². The molecule has 0 bridgehead atoms. The van der Waals surface area contributed by atoms with Gasteiger partial charge in [0.1, 0.15) is 5.75 Å². The van der Waals surface area contributed by atoms with Gasteiger partial charge in [0.25, 0.3) is 0 Å². The van der Waals surface area contributed by atoms with Crippen LogP contribution in [-0.2, 0) is 0 Å². The highest BCUT2D eigenvalue weighted by Gasteiger charge is 2.26. The highest BCUT2D eigenvalue weighted by Crippen LogP contribution is 2.23. The molecule has 0 saturated carbocycles. The Hall–Kier alpha value is -1.56. The Bertz CT molecular complexity index is 638. The number of carbonyl (C=O) groups is 1. The lowest BCUT2D eigenvalue weighted by molar-refractivity contribution is -0.360. The minimum Gasteiger partial charge on any atom is -0.494 e. The zero-order valence-corrected chi connectivity index (χ0v) is 17.6. The van der Waals surface area contributed by atoms with E-state index in [9.17, 15) is 4.79 Å². The Kier molecular flexibility index (Phi) is 7.94. The summed E-state index contributed by atoms with van der Waals surface area (Å²) in [7, 11) is 0. The van der Waals surface area contributed by atoms with Crippen molar-refractivity contribution in [1.82, 2.24) is 4.90 Å². The van der Waals surface area contributed by atoms with Gasteiger partial charge in [-0.05, 0) is 62.3 Å². The summed E-state index contributed by atoms with van der Waals surface area (Å²) in [5.74, 6) is 2.29. The first-order chi connectivity index (χ1) is 12.4. The molecule has 144 valence electrons. The molecule has 1 aliphatic heterocycles. The van der Waals surface area contributed by atoms with Crippen LogP contribution < -0.4 is 15.5 Å². The monoisotopic (exact) mass is 424 g/mol. The highest BCUT2D eigenvalue weighted by molar-refractivity contribution is 9.10. The topological polar surface area (TPSA) is 69.5 Å². The molecule has 2 amide bonds. The SMILES string of the molecule is Cc1cc(OCCCC2CCN(C(=O)/[NH+]=C(\N)C(C)C)CC2)ccc1Br. The van der Waals surface area contributed by atoms with Gasteiger partial charge < -0.3 is 10.5 Å². The van der Waals surface area contributed by atoms with Crippen LogP contribution in [0.2, 0.25) is 0 Å². The third kappa shape index (κ3) is 6.31. The second kappa shape index (κ2) is 9.95. The molecule has 0 unspecified atom stereocenters. The van der Waals surface area contributed by atoms with E-state index in [4.69, 9.17) is 10.5 Å². The molecule has 1 aromatic carbocycles. The van der Waals surface area contributed by atoms with E-state index in [1.165, 1.54) is 5.56 Å². The smallest absolute Gasteiger partial charge is 0.436 e. The first kappa shape index (κ1) is 20.7. The van der Waals surface area contributed by atoms with Gasteiger partial charge >= 0.3 is 6.03 Å². The molecule has 26 heavy (non-hydrogen) atoms. The van der Waals surface area contributed by atoms with Crippen LogP contribution in [0.3, 0.4) is 0 Å². The van der Waals surface area contributed by atoms with Crippen LogP contribution in [0.25, 0.3) is 0 Å². The van der Waals surface area contributed by atoms with E-state index < -0.39 is 0 Å². The fourth-order valence-corrected chi connectivity index (χ4v) is 3.29. The molecule has 6 heteroatoms. The number of halogens is 1. The number of ether oxygens (including phenoxy) is 1. The Labute approximate surface area is 165 Å². The van der Waals surface area contributed by atoms with Gasteiger partial charge in [0.05, 0.1) is 19.7 Å². The summed E-state index contributed by atoms with van der Waals surface area (Å²) in [6.45, 7) is 8.34. The molecule has 1 heterocycles. The number of likely N-dealkylation sites (tertiary alicyclic amines) is 1. The number of carbonyl (C=O) groups excluding carboxylic acids is 1. The molecule has 2 rings (SSSR count). The molecule has 1 fully saturated rings. The number of nitrogens with zero attached hydrogens (tertiary/aromatic N) is 1. The Morgan fingerprint density at radius 3 is 2.69 bits per heavy atom. The number of nitrogens with two attached hydrogens (primary N) is 1. The maximum atomic E-state index is 12.2. The average Bonchev–Trinajstić information content (AvgIpc) is 2.62. The normalized spacial score (nSPS) is 16.2. The van der Waals surface area contributed by atoms with Crippen molar-refractivity contribution in [2.45, 2.75) is 46.5 Å². The summed E-state index contributed by atoms with van der Waals surface area (Å²) in [4.78, 5) is 16.8. The van der Waals surface area contributed by atoms with Crippen LogP contribution >= 0.6 is 15.9 Å². The van der Waals surface area contributed by atoms with E-state index >= 15 is 0 Å². The zero-order valence-electron chi connectivity index (χ0n) is 16.1. The molecule has 0 spiro atoms. The van der Waals surface area contributed by atoms with Gasteiger partial charge in [-0.3, -0.25) is 4.90 Å². The standard InChI is InChI=1S/C20H30BrN3O2/c1-14(2)19(22)23-20(25)24-10-8-16(9-11-24)5-4-12-26-17-6-7-18(21)15(3)13-17/h6-7,13-14,16H,4-5,8-12H2,1-3H3,(H2,22,23,25)/p+1. The second-order valence-corrected chi connectivity index (χ2v) is 8.23. The zero-order chi connectivity index (χ0) is 19.1. The molecule has 0 radical (unpaired) electrons. The van der Waals surface area contributed by atoms with Gasteiger partial charge in [0, 0.05) is 10.4 Å². The summed E-state index contributed by atoms with van der Waals surface area (Å²) < 4.78 is 6.95.